The Morgan fingerprint density at radius 2 is 1.95 bits per heavy atom. The van der Waals surface area contributed by atoms with Gasteiger partial charge in [0.25, 0.3) is 5.56 Å². The van der Waals surface area contributed by atoms with Gasteiger partial charge in [0.15, 0.2) is 0 Å². The first kappa shape index (κ1) is 13.8. The van der Waals surface area contributed by atoms with Gasteiger partial charge in [0.1, 0.15) is 0 Å². The average molecular weight is 297 g/mol. The number of rotatable bonds is 2. The van der Waals surface area contributed by atoms with E-state index in [0.717, 1.165) is 42.7 Å². The van der Waals surface area contributed by atoms with Gasteiger partial charge in [-0.25, -0.2) is 0 Å². The maximum atomic E-state index is 12.4. The SMILES string of the molecule is CN1CCCc2c1c1ccc(CN3CCCC3)cc1[nH]c2=O. The molecule has 1 aromatic heterocycles. The molecule has 1 aromatic carbocycles. The minimum absolute atomic E-state index is 0.0902. The van der Waals surface area contributed by atoms with E-state index in [1.807, 2.05) is 0 Å². The summed E-state index contributed by atoms with van der Waals surface area (Å²) < 4.78 is 0. The topological polar surface area (TPSA) is 39.3 Å². The Labute approximate surface area is 130 Å². The summed E-state index contributed by atoms with van der Waals surface area (Å²) in [6, 6.07) is 6.58. The molecule has 4 nitrogen and oxygen atoms in total. The van der Waals surface area contributed by atoms with E-state index in [0.29, 0.717) is 0 Å². The highest BCUT2D eigenvalue weighted by atomic mass is 16.1. The van der Waals surface area contributed by atoms with Gasteiger partial charge < -0.3 is 9.88 Å². The zero-order valence-electron chi connectivity index (χ0n) is 13.2. The van der Waals surface area contributed by atoms with Crippen LogP contribution in [0.5, 0.6) is 0 Å². The van der Waals surface area contributed by atoms with E-state index in [4.69, 9.17) is 0 Å². The Morgan fingerprint density at radius 1 is 1.14 bits per heavy atom. The maximum Gasteiger partial charge on any atom is 0.253 e. The third-order valence-corrected chi connectivity index (χ3v) is 5.05. The van der Waals surface area contributed by atoms with Crippen LogP contribution in [-0.2, 0) is 13.0 Å². The van der Waals surface area contributed by atoms with E-state index in [1.165, 1.54) is 36.9 Å². The molecule has 2 aliphatic rings. The third-order valence-electron chi connectivity index (χ3n) is 5.05. The molecule has 3 heterocycles. The van der Waals surface area contributed by atoms with Crippen LogP contribution in [0.15, 0.2) is 23.0 Å². The lowest BCUT2D eigenvalue weighted by Crippen LogP contribution is -2.30. The molecule has 2 aromatic rings. The lowest BCUT2D eigenvalue weighted by molar-refractivity contribution is 0.331. The summed E-state index contributed by atoms with van der Waals surface area (Å²) in [4.78, 5) is 20.2. The van der Waals surface area contributed by atoms with Crippen molar-refractivity contribution in [3.63, 3.8) is 0 Å². The number of nitrogens with one attached hydrogen (secondary N) is 1. The summed E-state index contributed by atoms with van der Waals surface area (Å²) >= 11 is 0. The number of hydrogen-bond acceptors (Lipinski definition) is 3. The van der Waals surface area contributed by atoms with Gasteiger partial charge in [-0.05, 0) is 50.4 Å². The van der Waals surface area contributed by atoms with Crippen molar-refractivity contribution in [2.45, 2.75) is 32.2 Å². The molecule has 1 saturated heterocycles. The second kappa shape index (κ2) is 5.43. The zero-order valence-corrected chi connectivity index (χ0v) is 13.2. The standard InChI is InChI=1S/C18H23N3O/c1-20-8-4-5-15-17(20)14-7-6-13(11-16(14)19-18(15)22)12-21-9-2-3-10-21/h6-7,11H,2-5,8-10,12H2,1H3,(H,19,22). The maximum absolute atomic E-state index is 12.4. The normalized spacial score (nSPS) is 18.9. The number of nitrogens with zero attached hydrogens (tertiary/aromatic N) is 2. The van der Waals surface area contributed by atoms with Crippen molar-refractivity contribution < 1.29 is 0 Å². The van der Waals surface area contributed by atoms with Crippen LogP contribution in [-0.4, -0.2) is 36.6 Å². The van der Waals surface area contributed by atoms with Crippen molar-refractivity contribution in [2.75, 3.05) is 31.6 Å². The molecule has 0 unspecified atom stereocenters. The first-order chi connectivity index (χ1) is 10.7. The number of pyridine rings is 1. The number of aromatic amines is 1. The summed E-state index contributed by atoms with van der Waals surface area (Å²) in [7, 11) is 2.09. The van der Waals surface area contributed by atoms with Gasteiger partial charge in [-0.3, -0.25) is 9.69 Å². The number of fused-ring (bicyclic) bond motifs is 3. The fourth-order valence-corrected chi connectivity index (χ4v) is 3.94. The number of hydrogen-bond donors (Lipinski definition) is 1. The Hall–Kier alpha value is -1.81. The van der Waals surface area contributed by atoms with Gasteiger partial charge in [-0.1, -0.05) is 12.1 Å². The zero-order chi connectivity index (χ0) is 15.1. The molecule has 0 spiro atoms. The lowest BCUT2D eigenvalue weighted by Gasteiger charge is -2.28. The van der Waals surface area contributed by atoms with Crippen molar-refractivity contribution in [3.8, 4) is 0 Å². The number of likely N-dealkylation sites (tertiary alicyclic amines) is 1. The number of benzene rings is 1. The molecule has 2 aliphatic heterocycles. The Kier molecular flexibility index (Phi) is 3.41. The first-order valence-electron chi connectivity index (χ1n) is 8.33. The molecule has 0 bridgehead atoms. The Balaban J connectivity index is 1.78. The summed E-state index contributed by atoms with van der Waals surface area (Å²) in [6.07, 6.45) is 4.57. The van der Waals surface area contributed by atoms with E-state index in [-0.39, 0.29) is 5.56 Å². The van der Waals surface area contributed by atoms with Crippen LogP contribution in [0, 0.1) is 0 Å². The fraction of sp³-hybridized carbons (Fsp3) is 0.500. The summed E-state index contributed by atoms with van der Waals surface area (Å²) in [5.41, 5.74) is 4.45. The molecule has 0 aliphatic carbocycles. The number of H-pyrrole nitrogens is 1. The van der Waals surface area contributed by atoms with E-state index in [1.54, 1.807) is 0 Å². The molecule has 0 saturated carbocycles. The third kappa shape index (κ3) is 2.31. The van der Waals surface area contributed by atoms with E-state index < -0.39 is 0 Å². The minimum atomic E-state index is 0.0902. The van der Waals surface area contributed by atoms with Crippen molar-refractivity contribution in [3.05, 3.63) is 39.7 Å². The van der Waals surface area contributed by atoms with Crippen molar-refractivity contribution >= 4 is 16.6 Å². The predicted octanol–water partition coefficient (Wildman–Crippen LogP) is 2.51. The summed E-state index contributed by atoms with van der Waals surface area (Å²) in [5.74, 6) is 0. The summed E-state index contributed by atoms with van der Waals surface area (Å²) in [6.45, 7) is 4.41. The monoisotopic (exact) mass is 297 g/mol. The Morgan fingerprint density at radius 3 is 2.77 bits per heavy atom. The van der Waals surface area contributed by atoms with Crippen LogP contribution >= 0.6 is 0 Å². The highest BCUT2D eigenvalue weighted by Crippen LogP contribution is 2.31. The minimum Gasteiger partial charge on any atom is -0.374 e. The lowest BCUT2D eigenvalue weighted by atomic mass is 9.99. The van der Waals surface area contributed by atoms with Crippen LogP contribution in [0.2, 0.25) is 0 Å². The second-order valence-electron chi connectivity index (χ2n) is 6.67. The van der Waals surface area contributed by atoms with Gasteiger partial charge in [-0.2, -0.15) is 0 Å². The predicted molar refractivity (Wildman–Crippen MR) is 90.7 cm³/mol. The molecule has 0 amide bonds. The van der Waals surface area contributed by atoms with E-state index in [2.05, 4.69) is 40.0 Å². The van der Waals surface area contributed by atoms with Gasteiger partial charge in [0.2, 0.25) is 0 Å². The molecule has 4 heteroatoms. The van der Waals surface area contributed by atoms with Gasteiger partial charge in [0.05, 0.1) is 11.2 Å². The molecular weight excluding hydrogens is 274 g/mol. The number of aromatic nitrogens is 1. The van der Waals surface area contributed by atoms with Crippen LogP contribution in [0.25, 0.3) is 10.9 Å². The van der Waals surface area contributed by atoms with Crippen LogP contribution < -0.4 is 10.5 Å². The van der Waals surface area contributed by atoms with Crippen molar-refractivity contribution in [2.24, 2.45) is 0 Å². The smallest absolute Gasteiger partial charge is 0.253 e. The molecule has 4 rings (SSSR count). The first-order valence-corrected chi connectivity index (χ1v) is 8.33. The molecule has 1 N–H and O–H groups in total. The summed E-state index contributed by atoms with van der Waals surface area (Å²) in [5, 5.41) is 1.18. The van der Waals surface area contributed by atoms with Crippen LogP contribution in [0.1, 0.15) is 30.4 Å². The Bertz CT molecular complexity index is 759. The van der Waals surface area contributed by atoms with Gasteiger partial charge in [-0.15, -0.1) is 0 Å². The van der Waals surface area contributed by atoms with E-state index >= 15 is 0 Å². The van der Waals surface area contributed by atoms with Gasteiger partial charge >= 0.3 is 0 Å². The van der Waals surface area contributed by atoms with Crippen molar-refractivity contribution in [1.82, 2.24) is 9.88 Å². The van der Waals surface area contributed by atoms with E-state index in [9.17, 15) is 4.79 Å². The van der Waals surface area contributed by atoms with Crippen molar-refractivity contribution in [1.29, 1.82) is 0 Å². The highest BCUT2D eigenvalue weighted by Gasteiger charge is 2.20. The molecular formula is C18H23N3O. The average Bonchev–Trinajstić information content (AvgIpc) is 3.00. The van der Waals surface area contributed by atoms with Gasteiger partial charge in [0, 0.05) is 31.1 Å². The molecule has 0 radical (unpaired) electrons. The fourth-order valence-electron chi connectivity index (χ4n) is 3.94. The number of anilines is 1. The quantitative estimate of drug-likeness (QED) is 0.926. The van der Waals surface area contributed by atoms with Crippen LogP contribution in [0.3, 0.4) is 0 Å². The highest BCUT2D eigenvalue weighted by molar-refractivity contribution is 5.93. The largest absolute Gasteiger partial charge is 0.374 e. The molecule has 1 fully saturated rings. The second-order valence-corrected chi connectivity index (χ2v) is 6.67. The molecule has 0 atom stereocenters. The molecule has 116 valence electrons. The van der Waals surface area contributed by atoms with Crippen LogP contribution in [0.4, 0.5) is 5.69 Å². The molecule has 22 heavy (non-hydrogen) atoms.